The fourth-order valence-electron chi connectivity index (χ4n) is 1.95. The van der Waals surface area contributed by atoms with Gasteiger partial charge < -0.3 is 5.32 Å². The maximum atomic E-state index is 12.1. The largest absolute Gasteiger partial charge is 0.340 e. The molecule has 26 heavy (non-hydrogen) atoms. The minimum absolute atomic E-state index is 0.104. The number of rotatable bonds is 4. The van der Waals surface area contributed by atoms with Crippen LogP contribution in [0.1, 0.15) is 27.6 Å². The number of hydrogen-bond acceptors (Lipinski definition) is 3. The molecule has 0 heterocycles. The third-order valence-electron chi connectivity index (χ3n) is 3.33. The number of halogens is 3. The number of carbonyl (C=O) groups is 3. The molecule has 2 aromatic carbocycles. The highest BCUT2D eigenvalue weighted by Gasteiger charge is 2.19. The van der Waals surface area contributed by atoms with Crippen LogP contribution in [0.2, 0.25) is 15.1 Å². The molecule has 3 amide bonds. The van der Waals surface area contributed by atoms with Crippen molar-refractivity contribution in [3.63, 3.8) is 0 Å². The van der Waals surface area contributed by atoms with Gasteiger partial charge in [0.1, 0.15) is 6.04 Å². The van der Waals surface area contributed by atoms with E-state index in [2.05, 4.69) is 16.2 Å². The number of amides is 3. The highest BCUT2D eigenvalue weighted by molar-refractivity contribution is 6.36. The van der Waals surface area contributed by atoms with E-state index >= 15 is 0 Å². The predicted molar refractivity (Wildman–Crippen MR) is 100 cm³/mol. The van der Waals surface area contributed by atoms with Gasteiger partial charge in [0.25, 0.3) is 17.7 Å². The van der Waals surface area contributed by atoms with Crippen LogP contribution in [-0.2, 0) is 4.79 Å². The van der Waals surface area contributed by atoms with Crippen molar-refractivity contribution in [2.45, 2.75) is 13.0 Å². The lowest BCUT2D eigenvalue weighted by Crippen LogP contribution is -2.51. The Morgan fingerprint density at radius 1 is 0.846 bits per heavy atom. The van der Waals surface area contributed by atoms with Gasteiger partial charge in [-0.25, -0.2) is 0 Å². The second-order valence-corrected chi connectivity index (χ2v) is 6.49. The summed E-state index contributed by atoms with van der Waals surface area (Å²) in [5, 5.41) is 3.26. The fraction of sp³-hybridized carbons (Fsp3) is 0.118. The first-order valence-electron chi connectivity index (χ1n) is 7.40. The van der Waals surface area contributed by atoms with Crippen LogP contribution in [0.5, 0.6) is 0 Å². The maximum absolute atomic E-state index is 12.1. The number of carbonyl (C=O) groups excluding carboxylic acids is 3. The molecule has 1 unspecified atom stereocenters. The molecule has 0 saturated heterocycles. The van der Waals surface area contributed by atoms with Gasteiger partial charge in [0.05, 0.1) is 21.2 Å². The van der Waals surface area contributed by atoms with Gasteiger partial charge in [-0.3, -0.25) is 25.2 Å². The van der Waals surface area contributed by atoms with E-state index < -0.39 is 23.8 Å². The minimum atomic E-state index is -0.922. The molecule has 0 aromatic heterocycles. The van der Waals surface area contributed by atoms with E-state index in [0.717, 1.165) is 0 Å². The summed E-state index contributed by atoms with van der Waals surface area (Å²) in [6.45, 7) is 1.46. The van der Waals surface area contributed by atoms with Crippen molar-refractivity contribution in [1.29, 1.82) is 0 Å². The smallest absolute Gasteiger partial charge is 0.271 e. The molecule has 2 aromatic rings. The summed E-state index contributed by atoms with van der Waals surface area (Å²) in [6.07, 6.45) is 0. The molecule has 1 atom stereocenters. The van der Waals surface area contributed by atoms with E-state index in [1.165, 1.54) is 31.2 Å². The monoisotopic (exact) mass is 413 g/mol. The summed E-state index contributed by atoms with van der Waals surface area (Å²) in [5.74, 6) is -1.78. The van der Waals surface area contributed by atoms with E-state index in [4.69, 9.17) is 34.8 Å². The van der Waals surface area contributed by atoms with E-state index in [1.54, 1.807) is 18.2 Å². The van der Waals surface area contributed by atoms with Crippen molar-refractivity contribution < 1.29 is 14.4 Å². The van der Waals surface area contributed by atoms with Gasteiger partial charge in [-0.1, -0.05) is 46.9 Å². The summed E-state index contributed by atoms with van der Waals surface area (Å²) < 4.78 is 0. The van der Waals surface area contributed by atoms with Crippen LogP contribution in [-0.4, -0.2) is 23.8 Å². The summed E-state index contributed by atoms with van der Waals surface area (Å²) >= 11 is 17.7. The fourth-order valence-corrected chi connectivity index (χ4v) is 2.55. The Bertz CT molecular complexity index is 858. The van der Waals surface area contributed by atoms with Crippen molar-refractivity contribution in [1.82, 2.24) is 16.2 Å². The number of nitrogens with one attached hydrogen (secondary N) is 3. The molecule has 0 fully saturated rings. The molecule has 3 N–H and O–H groups in total. The summed E-state index contributed by atoms with van der Waals surface area (Å²) in [4.78, 5) is 36.2. The van der Waals surface area contributed by atoms with Crippen LogP contribution >= 0.6 is 34.8 Å². The molecule has 0 spiro atoms. The third kappa shape index (κ3) is 5.11. The first kappa shape index (κ1) is 20.0. The van der Waals surface area contributed by atoms with Crippen molar-refractivity contribution in [2.75, 3.05) is 0 Å². The second-order valence-electron chi connectivity index (χ2n) is 5.24. The first-order valence-corrected chi connectivity index (χ1v) is 8.53. The van der Waals surface area contributed by atoms with Crippen LogP contribution < -0.4 is 16.2 Å². The second kappa shape index (κ2) is 8.89. The molecule has 0 aliphatic carbocycles. The highest BCUT2D eigenvalue weighted by atomic mass is 35.5. The maximum Gasteiger partial charge on any atom is 0.271 e. The molecule has 0 aliphatic rings. The molecule has 0 aliphatic heterocycles. The average Bonchev–Trinajstić information content (AvgIpc) is 2.61. The van der Waals surface area contributed by atoms with Gasteiger partial charge in [0.2, 0.25) is 0 Å². The molecular weight excluding hydrogens is 401 g/mol. The van der Waals surface area contributed by atoms with Gasteiger partial charge in [0.15, 0.2) is 0 Å². The number of benzene rings is 2. The van der Waals surface area contributed by atoms with Crippen LogP contribution in [0.3, 0.4) is 0 Å². The molecule has 136 valence electrons. The first-order chi connectivity index (χ1) is 12.3. The number of hydrazine groups is 1. The van der Waals surface area contributed by atoms with E-state index in [-0.39, 0.29) is 21.2 Å². The standard InChI is InChI=1S/C17H14Cl3N3O3/c1-9(21-16(25)11-4-2-3-5-13(11)19)15(24)22-23-17(26)12-8-10(18)6-7-14(12)20/h2-9H,1H3,(H,21,25)(H,22,24)(H,23,26). The lowest BCUT2D eigenvalue weighted by molar-refractivity contribution is -0.123. The van der Waals surface area contributed by atoms with Gasteiger partial charge in [0, 0.05) is 5.02 Å². The highest BCUT2D eigenvalue weighted by Crippen LogP contribution is 2.20. The Hall–Kier alpha value is -2.28. The average molecular weight is 415 g/mol. The summed E-state index contributed by atoms with van der Waals surface area (Å²) in [6, 6.07) is 9.88. The quantitative estimate of drug-likeness (QED) is 0.671. The number of hydrogen-bond donors (Lipinski definition) is 3. The zero-order valence-electron chi connectivity index (χ0n) is 13.5. The minimum Gasteiger partial charge on any atom is -0.340 e. The Labute approximate surface area is 164 Å². The Morgan fingerprint density at radius 3 is 2.19 bits per heavy atom. The van der Waals surface area contributed by atoms with Crippen molar-refractivity contribution >= 4 is 52.5 Å². The van der Waals surface area contributed by atoms with Gasteiger partial charge in [-0.15, -0.1) is 0 Å². The lowest BCUT2D eigenvalue weighted by atomic mass is 10.2. The van der Waals surface area contributed by atoms with E-state index in [1.807, 2.05) is 0 Å². The molecule has 0 radical (unpaired) electrons. The van der Waals surface area contributed by atoms with E-state index in [0.29, 0.717) is 5.02 Å². The Morgan fingerprint density at radius 2 is 1.50 bits per heavy atom. The Kier molecular flexibility index (Phi) is 6.85. The zero-order chi connectivity index (χ0) is 19.3. The molecule has 6 nitrogen and oxygen atoms in total. The topological polar surface area (TPSA) is 87.3 Å². The summed E-state index contributed by atoms with van der Waals surface area (Å²) in [7, 11) is 0. The van der Waals surface area contributed by atoms with Crippen LogP contribution in [0.15, 0.2) is 42.5 Å². The van der Waals surface area contributed by atoms with Gasteiger partial charge in [-0.2, -0.15) is 0 Å². The molecule has 0 saturated carbocycles. The van der Waals surface area contributed by atoms with Crippen LogP contribution in [0.25, 0.3) is 0 Å². The molecule has 2 rings (SSSR count). The molecule has 0 bridgehead atoms. The van der Waals surface area contributed by atoms with Crippen molar-refractivity contribution in [3.8, 4) is 0 Å². The third-order valence-corrected chi connectivity index (χ3v) is 4.23. The van der Waals surface area contributed by atoms with Gasteiger partial charge in [-0.05, 0) is 37.3 Å². The predicted octanol–water partition coefficient (Wildman–Crippen LogP) is 3.23. The van der Waals surface area contributed by atoms with Crippen LogP contribution in [0, 0.1) is 0 Å². The SMILES string of the molecule is CC(NC(=O)c1ccccc1Cl)C(=O)NNC(=O)c1cc(Cl)ccc1Cl. The molecule has 9 heteroatoms. The normalized spacial score (nSPS) is 11.4. The van der Waals surface area contributed by atoms with Gasteiger partial charge >= 0.3 is 0 Å². The summed E-state index contributed by atoms with van der Waals surface area (Å²) in [5.41, 5.74) is 4.77. The van der Waals surface area contributed by atoms with Crippen LogP contribution in [0.4, 0.5) is 0 Å². The zero-order valence-corrected chi connectivity index (χ0v) is 15.7. The lowest BCUT2D eigenvalue weighted by Gasteiger charge is -2.15. The van der Waals surface area contributed by atoms with Crippen molar-refractivity contribution in [2.24, 2.45) is 0 Å². The Balaban J connectivity index is 1.93. The molecular formula is C17H14Cl3N3O3. The van der Waals surface area contributed by atoms with E-state index in [9.17, 15) is 14.4 Å². The van der Waals surface area contributed by atoms with Crippen molar-refractivity contribution in [3.05, 3.63) is 68.7 Å².